The molecule has 2 aromatic carbocycles. The van der Waals surface area contributed by atoms with Gasteiger partial charge >= 0.3 is 0 Å². The van der Waals surface area contributed by atoms with Crippen molar-refractivity contribution >= 4 is 17.5 Å². The van der Waals surface area contributed by atoms with Gasteiger partial charge in [-0.1, -0.05) is 11.6 Å². The molecule has 0 atom stereocenters. The van der Waals surface area contributed by atoms with Gasteiger partial charge in [0.1, 0.15) is 11.5 Å². The number of hydrogen-bond donors (Lipinski definition) is 0. The molecule has 0 saturated heterocycles. The van der Waals surface area contributed by atoms with Crippen molar-refractivity contribution in [3.63, 3.8) is 0 Å². The first-order valence-electron chi connectivity index (χ1n) is 8.58. The lowest BCUT2D eigenvalue weighted by molar-refractivity contribution is 0.0796. The fourth-order valence-electron chi connectivity index (χ4n) is 3.54. The Kier molecular flexibility index (Phi) is 4.30. The van der Waals surface area contributed by atoms with Crippen molar-refractivity contribution in [2.45, 2.75) is 19.3 Å². The van der Waals surface area contributed by atoms with E-state index in [1.807, 2.05) is 7.05 Å². The summed E-state index contributed by atoms with van der Waals surface area (Å²) in [5, 5.41) is 0.631. The minimum Gasteiger partial charge on any atom is -0.493 e. The van der Waals surface area contributed by atoms with Gasteiger partial charge in [0.15, 0.2) is 0 Å². The summed E-state index contributed by atoms with van der Waals surface area (Å²) in [5.74, 6) is 2.00. The van der Waals surface area contributed by atoms with E-state index in [-0.39, 0.29) is 5.91 Å². The fraction of sp³-hybridized carbons (Fsp3) is 0.350. The minimum atomic E-state index is -0.00180. The zero-order chi connectivity index (χ0) is 17.4. The Bertz CT molecular complexity index is 784. The van der Waals surface area contributed by atoms with Crippen LogP contribution in [0.5, 0.6) is 11.5 Å². The van der Waals surface area contributed by atoms with Gasteiger partial charge in [-0.05, 0) is 36.8 Å². The first-order valence-corrected chi connectivity index (χ1v) is 8.95. The smallest absolute Gasteiger partial charge is 0.253 e. The number of ether oxygens (including phenoxy) is 2. The Labute approximate surface area is 152 Å². The van der Waals surface area contributed by atoms with Crippen molar-refractivity contribution in [3.8, 4) is 11.5 Å². The van der Waals surface area contributed by atoms with Gasteiger partial charge < -0.3 is 14.4 Å². The predicted octanol–water partition coefficient (Wildman–Crippen LogP) is 3.52. The molecule has 0 aliphatic carbocycles. The summed E-state index contributed by atoms with van der Waals surface area (Å²) >= 11 is 5.89. The molecular weight excluding hydrogens is 338 g/mol. The minimum absolute atomic E-state index is 0.00180. The normalized spacial score (nSPS) is 14.5. The Morgan fingerprint density at radius 1 is 1.16 bits per heavy atom. The number of rotatable bonds is 4. The second-order valence-electron chi connectivity index (χ2n) is 6.50. The highest BCUT2D eigenvalue weighted by atomic mass is 35.5. The SMILES string of the molecule is CN(CCc1c2c(cc3c1OCC3)OCC2)C(=O)c1ccc(Cl)cc1. The first kappa shape index (κ1) is 16.3. The highest BCUT2D eigenvalue weighted by molar-refractivity contribution is 6.30. The molecule has 0 fully saturated rings. The molecular formula is C20H20ClNO3. The highest BCUT2D eigenvalue weighted by Crippen LogP contribution is 2.40. The topological polar surface area (TPSA) is 38.8 Å². The van der Waals surface area contributed by atoms with Crippen LogP contribution in [0.1, 0.15) is 27.0 Å². The number of halogens is 1. The molecule has 0 spiro atoms. The average Bonchev–Trinajstić information content (AvgIpc) is 3.27. The Hall–Kier alpha value is -2.20. The molecule has 0 unspecified atom stereocenters. The van der Waals surface area contributed by atoms with E-state index in [1.165, 1.54) is 16.7 Å². The number of fused-ring (bicyclic) bond motifs is 2. The van der Waals surface area contributed by atoms with Gasteiger partial charge in [-0.25, -0.2) is 0 Å². The van der Waals surface area contributed by atoms with Crippen LogP contribution in [0.15, 0.2) is 30.3 Å². The highest BCUT2D eigenvalue weighted by Gasteiger charge is 2.26. The van der Waals surface area contributed by atoms with Crippen molar-refractivity contribution in [3.05, 3.63) is 57.6 Å². The van der Waals surface area contributed by atoms with E-state index >= 15 is 0 Å². The maximum absolute atomic E-state index is 12.6. The molecule has 1 amide bonds. The van der Waals surface area contributed by atoms with E-state index in [1.54, 1.807) is 29.2 Å². The zero-order valence-corrected chi connectivity index (χ0v) is 14.9. The molecule has 0 saturated carbocycles. The predicted molar refractivity (Wildman–Crippen MR) is 97.0 cm³/mol. The van der Waals surface area contributed by atoms with Crippen LogP contribution >= 0.6 is 11.6 Å². The van der Waals surface area contributed by atoms with Crippen molar-refractivity contribution in [2.24, 2.45) is 0 Å². The van der Waals surface area contributed by atoms with Crippen molar-refractivity contribution in [1.82, 2.24) is 4.90 Å². The molecule has 2 aromatic rings. The van der Waals surface area contributed by atoms with Gasteiger partial charge in [0.25, 0.3) is 5.91 Å². The lowest BCUT2D eigenvalue weighted by Gasteiger charge is -2.19. The summed E-state index contributed by atoms with van der Waals surface area (Å²) in [7, 11) is 1.83. The average molecular weight is 358 g/mol. The first-order chi connectivity index (χ1) is 12.1. The van der Waals surface area contributed by atoms with Gasteiger partial charge in [0, 0.05) is 53.7 Å². The summed E-state index contributed by atoms with van der Waals surface area (Å²) in [6.45, 7) is 2.09. The molecule has 2 aliphatic rings. The number of carbonyl (C=O) groups is 1. The Balaban J connectivity index is 1.52. The number of benzene rings is 2. The van der Waals surface area contributed by atoms with Crippen molar-refractivity contribution in [2.75, 3.05) is 26.8 Å². The van der Waals surface area contributed by atoms with Crippen LogP contribution in [0.4, 0.5) is 0 Å². The van der Waals surface area contributed by atoms with E-state index in [2.05, 4.69) is 6.07 Å². The quantitative estimate of drug-likeness (QED) is 0.840. The van der Waals surface area contributed by atoms with Crippen LogP contribution in [0.2, 0.25) is 5.02 Å². The molecule has 130 valence electrons. The number of nitrogens with zero attached hydrogens (tertiary/aromatic N) is 1. The van der Waals surface area contributed by atoms with Gasteiger partial charge in [-0.3, -0.25) is 4.79 Å². The largest absolute Gasteiger partial charge is 0.493 e. The fourth-order valence-corrected chi connectivity index (χ4v) is 3.67. The lowest BCUT2D eigenvalue weighted by atomic mass is 9.97. The van der Waals surface area contributed by atoms with E-state index < -0.39 is 0 Å². The van der Waals surface area contributed by atoms with Crippen molar-refractivity contribution in [1.29, 1.82) is 0 Å². The van der Waals surface area contributed by atoms with Gasteiger partial charge in [0.05, 0.1) is 13.2 Å². The maximum Gasteiger partial charge on any atom is 0.253 e. The Morgan fingerprint density at radius 2 is 1.92 bits per heavy atom. The van der Waals surface area contributed by atoms with Crippen molar-refractivity contribution < 1.29 is 14.3 Å². The number of likely N-dealkylation sites (N-methyl/N-ethyl adjacent to an activating group) is 1. The molecule has 0 N–H and O–H groups in total. The van der Waals surface area contributed by atoms with E-state index in [0.29, 0.717) is 17.1 Å². The third kappa shape index (κ3) is 3.07. The number of amides is 1. The Morgan fingerprint density at radius 3 is 2.72 bits per heavy atom. The third-order valence-corrected chi connectivity index (χ3v) is 5.15. The summed E-state index contributed by atoms with van der Waals surface area (Å²) in [4.78, 5) is 14.3. The monoisotopic (exact) mass is 357 g/mol. The molecule has 4 nitrogen and oxygen atoms in total. The van der Waals surface area contributed by atoms with E-state index in [0.717, 1.165) is 44.0 Å². The second-order valence-corrected chi connectivity index (χ2v) is 6.94. The number of carbonyl (C=O) groups excluding carboxylic acids is 1. The summed E-state index contributed by atoms with van der Waals surface area (Å²) < 4.78 is 11.6. The number of hydrogen-bond acceptors (Lipinski definition) is 3. The summed E-state index contributed by atoms with van der Waals surface area (Å²) in [6, 6.07) is 9.12. The van der Waals surface area contributed by atoms with Gasteiger partial charge in [-0.2, -0.15) is 0 Å². The molecule has 0 bridgehead atoms. The summed E-state index contributed by atoms with van der Waals surface area (Å²) in [5.41, 5.74) is 4.32. The van der Waals surface area contributed by atoms with Gasteiger partial charge in [0.2, 0.25) is 0 Å². The molecule has 2 aliphatic heterocycles. The van der Waals surface area contributed by atoms with Crippen LogP contribution in [0.3, 0.4) is 0 Å². The van der Waals surface area contributed by atoms with E-state index in [9.17, 15) is 4.79 Å². The summed E-state index contributed by atoms with van der Waals surface area (Å²) in [6.07, 6.45) is 2.61. The molecule has 0 radical (unpaired) electrons. The lowest BCUT2D eigenvalue weighted by Crippen LogP contribution is -2.29. The van der Waals surface area contributed by atoms with Crippen LogP contribution in [0.25, 0.3) is 0 Å². The second kappa shape index (κ2) is 6.60. The molecule has 4 rings (SSSR count). The van der Waals surface area contributed by atoms with Crippen LogP contribution < -0.4 is 9.47 Å². The van der Waals surface area contributed by atoms with E-state index in [4.69, 9.17) is 21.1 Å². The van der Waals surface area contributed by atoms with Crippen LogP contribution in [0, 0.1) is 0 Å². The maximum atomic E-state index is 12.6. The zero-order valence-electron chi connectivity index (χ0n) is 14.2. The third-order valence-electron chi connectivity index (χ3n) is 4.90. The molecule has 2 heterocycles. The van der Waals surface area contributed by atoms with Crippen LogP contribution in [-0.2, 0) is 19.3 Å². The molecule has 0 aromatic heterocycles. The molecule has 25 heavy (non-hydrogen) atoms. The molecule has 5 heteroatoms. The van der Waals surface area contributed by atoms with Gasteiger partial charge in [-0.15, -0.1) is 0 Å². The van der Waals surface area contributed by atoms with Crippen LogP contribution in [-0.4, -0.2) is 37.6 Å². The standard InChI is InChI=1S/C20H20ClNO3/c1-22(20(23)13-2-4-15(21)5-3-13)9-6-17-16-8-11-24-18(16)12-14-7-10-25-19(14)17/h2-5,12H,6-11H2,1H3.